The van der Waals surface area contributed by atoms with E-state index >= 15 is 0 Å². The van der Waals surface area contributed by atoms with Crippen LogP contribution in [0.3, 0.4) is 0 Å². The van der Waals surface area contributed by atoms with Gasteiger partial charge >= 0.3 is 0 Å². The van der Waals surface area contributed by atoms with E-state index < -0.39 is 18.2 Å². The molecule has 0 unspecified atom stereocenters. The second-order valence-electron chi connectivity index (χ2n) is 3.75. The highest BCUT2D eigenvalue weighted by Crippen LogP contribution is 2.33. The number of aromatic nitrogens is 1. The van der Waals surface area contributed by atoms with Gasteiger partial charge in [-0.25, -0.2) is 13.8 Å². The van der Waals surface area contributed by atoms with Gasteiger partial charge < -0.3 is 9.84 Å². The first-order valence-corrected chi connectivity index (χ1v) is 6.15. The minimum Gasteiger partial charge on any atom is -0.494 e. The number of aliphatic hydroxyl groups excluding tert-OH is 1. The van der Waals surface area contributed by atoms with Crippen molar-refractivity contribution in [1.29, 1.82) is 0 Å². The Morgan fingerprint density at radius 1 is 1.32 bits per heavy atom. The fourth-order valence-corrected chi connectivity index (χ4v) is 2.12. The summed E-state index contributed by atoms with van der Waals surface area (Å²) in [6.07, 6.45) is 1.03. The van der Waals surface area contributed by atoms with Crippen molar-refractivity contribution in [3.05, 3.63) is 46.2 Å². The molecule has 2 rings (SSSR count). The molecule has 0 atom stereocenters. The molecule has 1 N–H and O–H groups in total. The first-order valence-electron chi connectivity index (χ1n) is 5.36. The minimum absolute atomic E-state index is 0.00123. The van der Waals surface area contributed by atoms with Gasteiger partial charge in [-0.1, -0.05) is 6.07 Å². The van der Waals surface area contributed by atoms with Crippen molar-refractivity contribution >= 4 is 15.9 Å². The fourth-order valence-electron chi connectivity index (χ4n) is 1.78. The van der Waals surface area contributed by atoms with Gasteiger partial charge in [0.1, 0.15) is 10.4 Å². The Balaban J connectivity index is 2.68. The SMILES string of the molecule is COc1ccc(-c2cc(Br)ncc2F)c(CO)c1F. The number of pyridine rings is 1. The Morgan fingerprint density at radius 2 is 2.05 bits per heavy atom. The van der Waals surface area contributed by atoms with E-state index in [1.807, 2.05) is 0 Å². The van der Waals surface area contributed by atoms with Crippen molar-refractivity contribution in [1.82, 2.24) is 4.98 Å². The van der Waals surface area contributed by atoms with Gasteiger partial charge in [-0.05, 0) is 33.6 Å². The molecule has 0 radical (unpaired) electrons. The molecule has 0 aliphatic heterocycles. The van der Waals surface area contributed by atoms with Crippen molar-refractivity contribution in [3.8, 4) is 16.9 Å². The number of hydrogen-bond donors (Lipinski definition) is 1. The molecule has 19 heavy (non-hydrogen) atoms. The van der Waals surface area contributed by atoms with Crippen LogP contribution in [0.1, 0.15) is 5.56 Å². The second-order valence-corrected chi connectivity index (χ2v) is 4.57. The lowest BCUT2D eigenvalue weighted by atomic mass is 9.99. The van der Waals surface area contributed by atoms with E-state index in [0.29, 0.717) is 4.60 Å². The molecule has 2 aromatic rings. The van der Waals surface area contributed by atoms with E-state index in [4.69, 9.17) is 4.74 Å². The molecule has 1 aromatic carbocycles. The molecule has 3 nitrogen and oxygen atoms in total. The van der Waals surface area contributed by atoms with Crippen molar-refractivity contribution in [3.63, 3.8) is 0 Å². The smallest absolute Gasteiger partial charge is 0.171 e. The highest BCUT2D eigenvalue weighted by Gasteiger charge is 2.17. The van der Waals surface area contributed by atoms with Crippen LogP contribution in [0.2, 0.25) is 0 Å². The maximum Gasteiger partial charge on any atom is 0.171 e. The summed E-state index contributed by atoms with van der Waals surface area (Å²) in [5.74, 6) is -1.29. The molecule has 0 saturated carbocycles. The van der Waals surface area contributed by atoms with Gasteiger partial charge in [0.2, 0.25) is 0 Å². The molecule has 0 spiro atoms. The Kier molecular flexibility index (Phi) is 4.11. The van der Waals surface area contributed by atoms with Crippen molar-refractivity contribution in [2.24, 2.45) is 0 Å². The summed E-state index contributed by atoms with van der Waals surface area (Å²) >= 11 is 3.13. The third-order valence-electron chi connectivity index (χ3n) is 2.70. The largest absolute Gasteiger partial charge is 0.494 e. The molecule has 0 aliphatic carbocycles. The first-order chi connectivity index (χ1) is 9.08. The van der Waals surface area contributed by atoms with Crippen LogP contribution in [0.25, 0.3) is 11.1 Å². The summed E-state index contributed by atoms with van der Waals surface area (Å²) in [4.78, 5) is 3.74. The molecule has 100 valence electrons. The van der Waals surface area contributed by atoms with Crippen LogP contribution in [-0.4, -0.2) is 17.2 Å². The van der Waals surface area contributed by atoms with Crippen LogP contribution in [0.4, 0.5) is 8.78 Å². The average Bonchev–Trinajstić information content (AvgIpc) is 2.41. The summed E-state index contributed by atoms with van der Waals surface area (Å²) in [5, 5.41) is 9.30. The van der Waals surface area contributed by atoms with Gasteiger partial charge in [0.25, 0.3) is 0 Å². The summed E-state index contributed by atoms with van der Waals surface area (Å²) in [6, 6.07) is 4.31. The lowest BCUT2D eigenvalue weighted by Crippen LogP contribution is -2.00. The van der Waals surface area contributed by atoms with Gasteiger partial charge in [-0.15, -0.1) is 0 Å². The van der Waals surface area contributed by atoms with Crippen molar-refractivity contribution in [2.75, 3.05) is 7.11 Å². The Morgan fingerprint density at radius 3 is 2.68 bits per heavy atom. The van der Waals surface area contributed by atoms with Crippen LogP contribution in [-0.2, 0) is 6.61 Å². The van der Waals surface area contributed by atoms with Crippen LogP contribution in [0, 0.1) is 11.6 Å². The number of halogens is 3. The quantitative estimate of drug-likeness (QED) is 0.878. The molecule has 6 heteroatoms. The first kappa shape index (κ1) is 13.9. The van der Waals surface area contributed by atoms with E-state index in [0.717, 1.165) is 6.20 Å². The number of benzene rings is 1. The standard InChI is InChI=1S/C13H10BrF2NO2/c1-19-11-3-2-7(9(6-18)13(11)16)8-4-12(14)17-5-10(8)15/h2-5,18H,6H2,1H3. The van der Waals surface area contributed by atoms with E-state index in [9.17, 15) is 13.9 Å². The summed E-state index contributed by atoms with van der Waals surface area (Å²) in [5.41, 5.74) is 0.408. The van der Waals surface area contributed by atoms with Gasteiger partial charge in [0.15, 0.2) is 11.6 Å². The Hall–Kier alpha value is -1.53. The Bertz CT molecular complexity index is 620. The van der Waals surface area contributed by atoms with Gasteiger partial charge in [0.05, 0.1) is 19.9 Å². The number of hydrogen-bond acceptors (Lipinski definition) is 3. The third kappa shape index (κ3) is 2.59. The predicted octanol–water partition coefficient (Wildman–Crippen LogP) is 3.29. The minimum atomic E-state index is -0.699. The monoisotopic (exact) mass is 329 g/mol. The zero-order chi connectivity index (χ0) is 14.0. The number of methoxy groups -OCH3 is 1. The second kappa shape index (κ2) is 5.63. The maximum absolute atomic E-state index is 14.0. The number of aliphatic hydroxyl groups is 1. The lowest BCUT2D eigenvalue weighted by Gasteiger charge is -2.12. The summed E-state index contributed by atoms with van der Waals surface area (Å²) in [7, 11) is 1.32. The summed E-state index contributed by atoms with van der Waals surface area (Å²) in [6.45, 7) is -0.558. The van der Waals surface area contributed by atoms with E-state index in [-0.39, 0.29) is 22.4 Å². The summed E-state index contributed by atoms with van der Waals surface area (Å²) < 4.78 is 33.0. The van der Waals surface area contributed by atoms with Gasteiger partial charge in [0, 0.05) is 11.1 Å². The normalized spacial score (nSPS) is 10.6. The third-order valence-corrected chi connectivity index (χ3v) is 3.13. The highest BCUT2D eigenvalue weighted by molar-refractivity contribution is 9.10. The topological polar surface area (TPSA) is 42.4 Å². The molecule has 0 fully saturated rings. The molecule has 0 amide bonds. The average molecular weight is 330 g/mol. The Labute approximate surface area is 117 Å². The highest BCUT2D eigenvalue weighted by atomic mass is 79.9. The number of rotatable bonds is 3. The predicted molar refractivity (Wildman–Crippen MR) is 69.8 cm³/mol. The van der Waals surface area contributed by atoms with Crippen LogP contribution in [0.5, 0.6) is 5.75 Å². The molecule has 0 bridgehead atoms. The van der Waals surface area contributed by atoms with Gasteiger partial charge in [-0.3, -0.25) is 0 Å². The molecular weight excluding hydrogens is 320 g/mol. The van der Waals surface area contributed by atoms with Gasteiger partial charge in [-0.2, -0.15) is 0 Å². The lowest BCUT2D eigenvalue weighted by molar-refractivity contribution is 0.273. The van der Waals surface area contributed by atoms with Crippen LogP contribution >= 0.6 is 15.9 Å². The van der Waals surface area contributed by atoms with Crippen molar-refractivity contribution < 1.29 is 18.6 Å². The number of ether oxygens (including phenoxy) is 1. The molecular formula is C13H10BrF2NO2. The molecule has 1 heterocycles. The van der Waals surface area contributed by atoms with Crippen molar-refractivity contribution in [2.45, 2.75) is 6.61 Å². The molecule has 0 saturated heterocycles. The number of nitrogens with zero attached hydrogens (tertiary/aromatic N) is 1. The molecule has 1 aromatic heterocycles. The van der Waals surface area contributed by atoms with Crippen LogP contribution < -0.4 is 4.74 Å². The maximum atomic E-state index is 14.0. The van der Waals surface area contributed by atoms with E-state index in [1.54, 1.807) is 0 Å². The van der Waals surface area contributed by atoms with Crippen LogP contribution in [0.15, 0.2) is 29.0 Å². The zero-order valence-corrected chi connectivity index (χ0v) is 11.5. The zero-order valence-electron chi connectivity index (χ0n) is 9.95. The van der Waals surface area contributed by atoms with E-state index in [2.05, 4.69) is 20.9 Å². The van der Waals surface area contributed by atoms with E-state index in [1.165, 1.54) is 25.3 Å². The molecule has 0 aliphatic rings. The fraction of sp³-hybridized carbons (Fsp3) is 0.154.